The Kier molecular flexibility index (Phi) is 6.79. The average Bonchev–Trinajstić information content (AvgIpc) is 2.53. The van der Waals surface area contributed by atoms with Crippen molar-refractivity contribution >= 4 is 24.0 Å². The summed E-state index contributed by atoms with van der Waals surface area (Å²) in [5.41, 5.74) is 7.28. The second-order valence-electron chi connectivity index (χ2n) is 6.10. The van der Waals surface area contributed by atoms with Gasteiger partial charge in [-0.05, 0) is 43.4 Å². The Hall–Kier alpha value is -2.11. The van der Waals surface area contributed by atoms with Gasteiger partial charge in [0, 0.05) is 11.8 Å². The summed E-state index contributed by atoms with van der Waals surface area (Å²) < 4.78 is 19.6. The van der Waals surface area contributed by atoms with E-state index in [4.69, 9.17) is 10.5 Å². The highest BCUT2D eigenvalue weighted by Gasteiger charge is 2.21. The zero-order chi connectivity index (χ0) is 16.9. The molecule has 1 amide bonds. The summed E-state index contributed by atoms with van der Waals surface area (Å²) in [6.45, 7) is 0. The highest BCUT2D eigenvalue weighted by Crippen LogP contribution is 2.28. The predicted octanol–water partition coefficient (Wildman–Crippen LogP) is 3.69. The van der Waals surface area contributed by atoms with Crippen molar-refractivity contribution in [2.75, 3.05) is 5.32 Å². The number of carbonyl (C=O) groups is 1. The molecule has 0 aliphatic heterocycles. The van der Waals surface area contributed by atoms with Gasteiger partial charge in [0.2, 0.25) is 5.91 Å². The van der Waals surface area contributed by atoms with Crippen molar-refractivity contribution in [3.63, 3.8) is 0 Å². The van der Waals surface area contributed by atoms with E-state index >= 15 is 0 Å². The van der Waals surface area contributed by atoms with Crippen LogP contribution in [0.15, 0.2) is 48.5 Å². The number of nitrogens with one attached hydrogen (secondary N) is 1. The molecular weight excluding hydrogens is 343 g/mol. The Balaban J connectivity index is 0.00000225. The second-order valence-corrected chi connectivity index (χ2v) is 6.10. The van der Waals surface area contributed by atoms with Crippen LogP contribution in [0.3, 0.4) is 0 Å². The lowest BCUT2D eigenvalue weighted by Gasteiger charge is -2.26. The fraction of sp³-hybridized carbons (Fsp3) is 0.316. The normalized spacial score (nSPS) is 14.8. The summed E-state index contributed by atoms with van der Waals surface area (Å²) in [5.74, 6) is -0.589. The van der Waals surface area contributed by atoms with E-state index in [0.29, 0.717) is 12.1 Å². The molecule has 1 saturated carbocycles. The van der Waals surface area contributed by atoms with Crippen LogP contribution in [0.4, 0.5) is 10.1 Å². The third-order valence-electron chi connectivity index (χ3n) is 4.18. The number of hydrogen-bond donors (Lipinski definition) is 2. The zero-order valence-electron chi connectivity index (χ0n) is 13.8. The van der Waals surface area contributed by atoms with E-state index in [0.717, 1.165) is 24.8 Å². The number of benzene rings is 2. The van der Waals surface area contributed by atoms with Crippen molar-refractivity contribution in [3.05, 3.63) is 59.9 Å². The molecule has 0 unspecified atom stereocenters. The molecule has 1 aliphatic carbocycles. The average molecular weight is 365 g/mol. The number of anilines is 1. The van der Waals surface area contributed by atoms with Crippen molar-refractivity contribution in [1.82, 2.24) is 0 Å². The van der Waals surface area contributed by atoms with Gasteiger partial charge in [-0.15, -0.1) is 12.4 Å². The smallest absolute Gasteiger partial charge is 0.241 e. The lowest BCUT2D eigenvalue weighted by molar-refractivity contribution is -0.117. The van der Waals surface area contributed by atoms with Gasteiger partial charge in [-0.2, -0.15) is 0 Å². The maximum absolute atomic E-state index is 14.1. The topological polar surface area (TPSA) is 64.4 Å². The van der Waals surface area contributed by atoms with E-state index in [1.165, 1.54) is 6.07 Å². The van der Waals surface area contributed by atoms with Crippen molar-refractivity contribution in [2.45, 2.75) is 37.8 Å². The molecule has 6 heteroatoms. The van der Waals surface area contributed by atoms with Crippen molar-refractivity contribution < 1.29 is 13.9 Å². The highest BCUT2D eigenvalue weighted by molar-refractivity contribution is 5.94. The van der Waals surface area contributed by atoms with Gasteiger partial charge in [-0.3, -0.25) is 4.79 Å². The highest BCUT2D eigenvalue weighted by atomic mass is 35.5. The summed E-state index contributed by atoms with van der Waals surface area (Å²) >= 11 is 0. The summed E-state index contributed by atoms with van der Waals surface area (Å²) in [7, 11) is 0. The lowest BCUT2D eigenvalue weighted by Crippen LogP contribution is -2.37. The molecule has 0 aromatic heterocycles. The number of carbonyl (C=O) groups excluding carboxylic acids is 1. The number of rotatable bonds is 6. The number of nitrogens with two attached hydrogens (primary N) is 1. The molecule has 2 aromatic carbocycles. The first-order chi connectivity index (χ1) is 11.6. The molecule has 4 nitrogen and oxygen atoms in total. The summed E-state index contributed by atoms with van der Waals surface area (Å²) in [5, 5.41) is 2.65. The predicted molar refractivity (Wildman–Crippen MR) is 98.7 cm³/mol. The molecule has 134 valence electrons. The fourth-order valence-electron chi connectivity index (χ4n) is 2.54. The van der Waals surface area contributed by atoms with E-state index < -0.39 is 11.9 Å². The van der Waals surface area contributed by atoms with Crippen LogP contribution in [0.2, 0.25) is 0 Å². The molecule has 0 radical (unpaired) electrons. The lowest BCUT2D eigenvalue weighted by atomic mass is 9.96. The van der Waals surface area contributed by atoms with Crippen LogP contribution in [0.1, 0.15) is 24.8 Å². The first kappa shape index (κ1) is 19.2. The third kappa shape index (κ3) is 5.18. The van der Waals surface area contributed by atoms with Gasteiger partial charge in [0.05, 0.1) is 12.1 Å². The molecule has 0 spiro atoms. The van der Waals surface area contributed by atoms with Crippen LogP contribution in [-0.2, 0) is 11.2 Å². The number of halogens is 2. The molecule has 2 aromatic rings. The van der Waals surface area contributed by atoms with E-state index in [9.17, 15) is 9.18 Å². The molecular formula is C19H22ClFN2O2. The van der Waals surface area contributed by atoms with Crippen LogP contribution >= 0.6 is 12.4 Å². The first-order valence-corrected chi connectivity index (χ1v) is 8.18. The zero-order valence-corrected chi connectivity index (χ0v) is 14.6. The van der Waals surface area contributed by atoms with Crippen LogP contribution in [-0.4, -0.2) is 18.1 Å². The second kappa shape index (κ2) is 8.83. The van der Waals surface area contributed by atoms with E-state index in [1.807, 2.05) is 30.3 Å². The summed E-state index contributed by atoms with van der Waals surface area (Å²) in [6.07, 6.45) is 3.59. The van der Waals surface area contributed by atoms with Crippen LogP contribution in [0.5, 0.6) is 5.75 Å². The Bertz CT molecular complexity index is 708. The van der Waals surface area contributed by atoms with Crippen molar-refractivity contribution in [1.29, 1.82) is 0 Å². The van der Waals surface area contributed by atoms with Crippen molar-refractivity contribution in [3.8, 4) is 5.75 Å². The molecule has 0 saturated heterocycles. The number of amides is 1. The van der Waals surface area contributed by atoms with Gasteiger partial charge in [0.1, 0.15) is 0 Å². The Morgan fingerprint density at radius 3 is 2.56 bits per heavy atom. The maximum Gasteiger partial charge on any atom is 0.241 e. The van der Waals surface area contributed by atoms with Crippen LogP contribution < -0.4 is 15.8 Å². The van der Waals surface area contributed by atoms with E-state index in [1.54, 1.807) is 12.1 Å². The fourth-order valence-corrected chi connectivity index (χ4v) is 2.54. The molecule has 0 heterocycles. The Labute approximate surface area is 153 Å². The van der Waals surface area contributed by atoms with E-state index in [-0.39, 0.29) is 30.2 Å². The molecule has 3 N–H and O–H groups in total. The Morgan fingerprint density at radius 2 is 1.96 bits per heavy atom. The first-order valence-electron chi connectivity index (χ1n) is 8.18. The molecule has 25 heavy (non-hydrogen) atoms. The molecule has 1 aliphatic rings. The van der Waals surface area contributed by atoms with Gasteiger partial charge in [-0.25, -0.2) is 4.39 Å². The largest absolute Gasteiger partial charge is 0.487 e. The minimum atomic E-state index is -0.693. The van der Waals surface area contributed by atoms with Gasteiger partial charge in [-0.1, -0.05) is 30.3 Å². The molecule has 1 fully saturated rings. The molecule has 3 rings (SSSR count). The third-order valence-corrected chi connectivity index (χ3v) is 4.18. The summed E-state index contributed by atoms with van der Waals surface area (Å²) in [6, 6.07) is 13.3. The van der Waals surface area contributed by atoms with Crippen LogP contribution in [0.25, 0.3) is 0 Å². The molecule has 0 bridgehead atoms. The van der Waals surface area contributed by atoms with Gasteiger partial charge in [0.15, 0.2) is 11.6 Å². The quantitative estimate of drug-likeness (QED) is 0.821. The summed E-state index contributed by atoms with van der Waals surface area (Å²) in [4.78, 5) is 12.2. The number of hydrogen-bond acceptors (Lipinski definition) is 3. The monoisotopic (exact) mass is 364 g/mol. The SMILES string of the molecule is Cl.N[C@@H](Cc1ccccc1)C(=O)Nc1ccc(OC2CCC2)c(F)c1. The van der Waals surface area contributed by atoms with E-state index in [2.05, 4.69) is 5.32 Å². The standard InChI is InChI=1S/C19H21FN2O2.ClH/c20-16-12-14(9-10-18(16)24-15-7-4-8-15)22-19(23)17(21)11-13-5-2-1-3-6-13;/h1-3,5-6,9-10,12,15,17H,4,7-8,11,21H2,(H,22,23);1H/t17-;/m0./s1. The van der Waals surface area contributed by atoms with Gasteiger partial charge in [0.25, 0.3) is 0 Å². The minimum absolute atomic E-state index is 0. The van der Waals surface area contributed by atoms with Crippen LogP contribution in [0, 0.1) is 5.82 Å². The Morgan fingerprint density at radius 1 is 1.24 bits per heavy atom. The maximum atomic E-state index is 14.1. The minimum Gasteiger partial charge on any atom is -0.487 e. The van der Waals surface area contributed by atoms with Crippen molar-refractivity contribution in [2.24, 2.45) is 5.73 Å². The van der Waals surface area contributed by atoms with Gasteiger partial charge < -0.3 is 15.8 Å². The van der Waals surface area contributed by atoms with Gasteiger partial charge >= 0.3 is 0 Å². The molecule has 1 atom stereocenters. The number of ether oxygens (including phenoxy) is 1.